The Kier molecular flexibility index (Phi) is 5.38. The number of hydrogen-bond acceptors (Lipinski definition) is 4. The summed E-state index contributed by atoms with van der Waals surface area (Å²) >= 11 is 0. The molecule has 2 heterocycles. The number of nitrogens with zero attached hydrogens (tertiary/aromatic N) is 2. The summed E-state index contributed by atoms with van der Waals surface area (Å²) in [6, 6.07) is 4.06. The summed E-state index contributed by atoms with van der Waals surface area (Å²) in [5, 5.41) is 3.47. The van der Waals surface area contributed by atoms with Gasteiger partial charge in [0.25, 0.3) is 0 Å². The van der Waals surface area contributed by atoms with Gasteiger partial charge in [-0.1, -0.05) is 0 Å². The maximum absolute atomic E-state index is 5.76. The standard InChI is InChI=1S/C16H27N3O/c1-16(2,3)18-13-14-6-7-17-15(12-14)20-11-10-19-8-4-5-9-19/h6-7,12,18H,4-5,8-11,13H2,1-3H3. The van der Waals surface area contributed by atoms with E-state index in [-0.39, 0.29) is 5.54 Å². The Labute approximate surface area is 122 Å². The number of rotatable bonds is 6. The molecular formula is C16H27N3O. The monoisotopic (exact) mass is 277 g/mol. The molecule has 20 heavy (non-hydrogen) atoms. The molecule has 0 aromatic carbocycles. The van der Waals surface area contributed by atoms with E-state index in [1.165, 1.54) is 31.5 Å². The second kappa shape index (κ2) is 7.04. The van der Waals surface area contributed by atoms with E-state index in [0.29, 0.717) is 0 Å². The van der Waals surface area contributed by atoms with Crippen molar-refractivity contribution in [1.82, 2.24) is 15.2 Å². The summed E-state index contributed by atoms with van der Waals surface area (Å²) in [5.74, 6) is 0.734. The maximum atomic E-state index is 5.76. The molecule has 2 rings (SSSR count). The van der Waals surface area contributed by atoms with Gasteiger partial charge < -0.3 is 10.1 Å². The van der Waals surface area contributed by atoms with E-state index >= 15 is 0 Å². The van der Waals surface area contributed by atoms with Crippen molar-refractivity contribution in [2.75, 3.05) is 26.2 Å². The molecule has 0 saturated carbocycles. The highest BCUT2D eigenvalue weighted by Gasteiger charge is 2.11. The summed E-state index contributed by atoms with van der Waals surface area (Å²) in [6.07, 6.45) is 4.48. The van der Waals surface area contributed by atoms with E-state index in [1.54, 1.807) is 0 Å². The lowest BCUT2D eigenvalue weighted by Crippen LogP contribution is -2.35. The molecule has 1 aromatic heterocycles. The zero-order chi connectivity index (χ0) is 14.4. The van der Waals surface area contributed by atoms with Crippen molar-refractivity contribution in [3.8, 4) is 5.88 Å². The van der Waals surface area contributed by atoms with Gasteiger partial charge in [-0.3, -0.25) is 4.90 Å². The molecule has 112 valence electrons. The molecular weight excluding hydrogens is 250 g/mol. The van der Waals surface area contributed by atoms with Gasteiger partial charge in [0, 0.05) is 30.9 Å². The molecule has 0 aliphatic carbocycles. The molecule has 0 amide bonds. The van der Waals surface area contributed by atoms with Crippen LogP contribution in [0.1, 0.15) is 39.2 Å². The summed E-state index contributed by atoms with van der Waals surface area (Å²) in [6.45, 7) is 11.5. The van der Waals surface area contributed by atoms with Crippen molar-refractivity contribution in [3.05, 3.63) is 23.9 Å². The minimum absolute atomic E-state index is 0.125. The van der Waals surface area contributed by atoms with E-state index in [1.807, 2.05) is 18.3 Å². The first-order valence-corrected chi connectivity index (χ1v) is 7.58. The topological polar surface area (TPSA) is 37.4 Å². The van der Waals surface area contributed by atoms with Crippen LogP contribution in [-0.4, -0.2) is 41.7 Å². The Morgan fingerprint density at radius 1 is 1.30 bits per heavy atom. The van der Waals surface area contributed by atoms with Gasteiger partial charge in [-0.05, 0) is 58.3 Å². The third-order valence-electron chi connectivity index (χ3n) is 3.48. The third-order valence-corrected chi connectivity index (χ3v) is 3.48. The van der Waals surface area contributed by atoms with Crippen LogP contribution in [-0.2, 0) is 6.54 Å². The van der Waals surface area contributed by atoms with E-state index < -0.39 is 0 Å². The van der Waals surface area contributed by atoms with Crippen molar-refractivity contribution in [2.45, 2.75) is 45.7 Å². The van der Waals surface area contributed by atoms with Gasteiger partial charge in [-0.2, -0.15) is 0 Å². The number of pyridine rings is 1. The average Bonchev–Trinajstić information content (AvgIpc) is 2.89. The zero-order valence-corrected chi connectivity index (χ0v) is 13.0. The molecule has 1 aliphatic rings. The van der Waals surface area contributed by atoms with E-state index in [4.69, 9.17) is 4.74 Å². The fourth-order valence-electron chi connectivity index (χ4n) is 2.29. The van der Waals surface area contributed by atoms with E-state index in [9.17, 15) is 0 Å². The first-order valence-electron chi connectivity index (χ1n) is 7.58. The Hall–Kier alpha value is -1.13. The fourth-order valence-corrected chi connectivity index (χ4v) is 2.29. The SMILES string of the molecule is CC(C)(C)NCc1ccnc(OCCN2CCCC2)c1. The van der Waals surface area contributed by atoms with Crippen molar-refractivity contribution in [1.29, 1.82) is 0 Å². The van der Waals surface area contributed by atoms with Crippen molar-refractivity contribution >= 4 is 0 Å². The van der Waals surface area contributed by atoms with Crippen LogP contribution in [0, 0.1) is 0 Å². The molecule has 1 aliphatic heterocycles. The van der Waals surface area contributed by atoms with Crippen LogP contribution in [0.25, 0.3) is 0 Å². The molecule has 0 spiro atoms. The molecule has 1 N–H and O–H groups in total. The van der Waals surface area contributed by atoms with Gasteiger partial charge in [0.05, 0.1) is 0 Å². The van der Waals surface area contributed by atoms with Crippen molar-refractivity contribution in [3.63, 3.8) is 0 Å². The zero-order valence-electron chi connectivity index (χ0n) is 13.0. The molecule has 0 bridgehead atoms. The summed E-state index contributed by atoms with van der Waals surface area (Å²) in [4.78, 5) is 6.73. The van der Waals surface area contributed by atoms with Gasteiger partial charge in [0.1, 0.15) is 6.61 Å². The predicted octanol–water partition coefficient (Wildman–Crippen LogP) is 2.44. The van der Waals surface area contributed by atoms with Crippen LogP contribution in [0.15, 0.2) is 18.3 Å². The maximum Gasteiger partial charge on any atom is 0.213 e. The average molecular weight is 277 g/mol. The van der Waals surface area contributed by atoms with Gasteiger partial charge in [0.15, 0.2) is 0 Å². The Bertz CT molecular complexity index is 408. The van der Waals surface area contributed by atoms with Gasteiger partial charge in [-0.15, -0.1) is 0 Å². The van der Waals surface area contributed by atoms with Gasteiger partial charge in [0.2, 0.25) is 5.88 Å². The second-order valence-corrected chi connectivity index (χ2v) is 6.50. The number of ether oxygens (including phenoxy) is 1. The second-order valence-electron chi connectivity index (χ2n) is 6.50. The summed E-state index contributed by atoms with van der Waals surface area (Å²) < 4.78 is 5.76. The summed E-state index contributed by atoms with van der Waals surface area (Å²) in [5.41, 5.74) is 1.34. The van der Waals surface area contributed by atoms with Crippen LogP contribution < -0.4 is 10.1 Å². The molecule has 4 heteroatoms. The summed E-state index contributed by atoms with van der Waals surface area (Å²) in [7, 11) is 0. The molecule has 0 atom stereocenters. The van der Waals surface area contributed by atoms with Crippen LogP contribution in [0.5, 0.6) is 5.88 Å². The number of aromatic nitrogens is 1. The van der Waals surface area contributed by atoms with Crippen LogP contribution in [0.2, 0.25) is 0 Å². The Balaban J connectivity index is 1.76. The lowest BCUT2D eigenvalue weighted by molar-refractivity contribution is 0.231. The third kappa shape index (κ3) is 5.47. The minimum Gasteiger partial charge on any atom is -0.476 e. The predicted molar refractivity (Wildman–Crippen MR) is 82.0 cm³/mol. The van der Waals surface area contributed by atoms with Crippen molar-refractivity contribution in [2.24, 2.45) is 0 Å². The number of likely N-dealkylation sites (tertiary alicyclic amines) is 1. The molecule has 0 unspecified atom stereocenters. The molecule has 0 radical (unpaired) electrons. The van der Waals surface area contributed by atoms with E-state index in [2.05, 4.69) is 36.0 Å². The van der Waals surface area contributed by atoms with Gasteiger partial charge in [-0.25, -0.2) is 4.98 Å². The lowest BCUT2D eigenvalue weighted by atomic mass is 10.1. The number of nitrogens with one attached hydrogen (secondary N) is 1. The molecule has 4 nitrogen and oxygen atoms in total. The van der Waals surface area contributed by atoms with Crippen LogP contribution in [0.4, 0.5) is 0 Å². The smallest absolute Gasteiger partial charge is 0.213 e. The fraction of sp³-hybridized carbons (Fsp3) is 0.688. The first kappa shape index (κ1) is 15.3. The van der Waals surface area contributed by atoms with Crippen LogP contribution in [0.3, 0.4) is 0 Å². The molecule has 1 saturated heterocycles. The molecule has 1 aromatic rings. The van der Waals surface area contributed by atoms with E-state index in [0.717, 1.165) is 25.6 Å². The van der Waals surface area contributed by atoms with Crippen LogP contribution >= 0.6 is 0 Å². The molecule has 1 fully saturated rings. The normalized spacial score (nSPS) is 16.6. The van der Waals surface area contributed by atoms with Gasteiger partial charge >= 0.3 is 0 Å². The first-order chi connectivity index (χ1) is 9.53. The highest BCUT2D eigenvalue weighted by molar-refractivity contribution is 5.20. The Morgan fingerprint density at radius 2 is 2.05 bits per heavy atom. The minimum atomic E-state index is 0.125. The lowest BCUT2D eigenvalue weighted by Gasteiger charge is -2.20. The quantitative estimate of drug-likeness (QED) is 0.866. The number of hydrogen-bond donors (Lipinski definition) is 1. The highest BCUT2D eigenvalue weighted by Crippen LogP contribution is 2.12. The Morgan fingerprint density at radius 3 is 2.75 bits per heavy atom. The van der Waals surface area contributed by atoms with Crippen molar-refractivity contribution < 1.29 is 4.74 Å². The highest BCUT2D eigenvalue weighted by atomic mass is 16.5. The largest absolute Gasteiger partial charge is 0.476 e.